The van der Waals surface area contributed by atoms with Gasteiger partial charge in [-0.1, -0.05) is 12.1 Å². The number of nitrogens with two attached hydrogens (primary N) is 1. The van der Waals surface area contributed by atoms with Crippen LogP contribution >= 0.6 is 0 Å². The molecule has 1 aromatic heterocycles. The molecule has 0 amide bonds. The fourth-order valence-electron chi connectivity index (χ4n) is 1.66. The average Bonchev–Trinajstić information content (AvgIpc) is 2.85. The van der Waals surface area contributed by atoms with Crippen molar-refractivity contribution in [3.05, 3.63) is 41.3 Å². The van der Waals surface area contributed by atoms with Gasteiger partial charge in [-0.15, -0.1) is 0 Å². The van der Waals surface area contributed by atoms with Crippen molar-refractivity contribution in [2.45, 2.75) is 32.9 Å². The molecule has 2 N–H and O–H groups in total. The van der Waals surface area contributed by atoms with Gasteiger partial charge in [-0.3, -0.25) is 0 Å². The number of halogens is 1. The molecule has 2 rings (SSSR count). The lowest BCUT2D eigenvalue weighted by molar-refractivity contribution is 0.240. The summed E-state index contributed by atoms with van der Waals surface area (Å²) in [6, 6.07) is 4.22. The van der Waals surface area contributed by atoms with Crippen LogP contribution in [0.2, 0.25) is 0 Å². The van der Waals surface area contributed by atoms with Gasteiger partial charge in [0.05, 0.1) is 0 Å². The first-order valence-electron chi connectivity index (χ1n) is 6.15. The fraction of sp³-hybridized carbons (Fsp3) is 0.385. The van der Waals surface area contributed by atoms with E-state index in [9.17, 15) is 4.39 Å². The summed E-state index contributed by atoms with van der Waals surface area (Å²) in [5.74, 6) is 1.25. The van der Waals surface area contributed by atoms with Crippen molar-refractivity contribution in [1.29, 1.82) is 0 Å². The van der Waals surface area contributed by atoms with Crippen molar-refractivity contribution in [1.82, 2.24) is 10.1 Å². The molecule has 1 heterocycles. The van der Waals surface area contributed by atoms with Crippen LogP contribution < -0.4 is 10.5 Å². The molecule has 6 heteroatoms. The Kier molecular flexibility index (Phi) is 4.46. The van der Waals surface area contributed by atoms with Crippen LogP contribution in [0.25, 0.3) is 0 Å². The lowest BCUT2D eigenvalue weighted by Crippen LogP contribution is -2.03. The monoisotopic (exact) mass is 265 g/mol. The van der Waals surface area contributed by atoms with Crippen LogP contribution in [0.4, 0.5) is 4.39 Å². The van der Waals surface area contributed by atoms with Gasteiger partial charge in [-0.25, -0.2) is 4.39 Å². The number of rotatable bonds is 6. The molecular formula is C13H16FN3O2. The van der Waals surface area contributed by atoms with Gasteiger partial charge in [-0.2, -0.15) is 4.98 Å². The summed E-state index contributed by atoms with van der Waals surface area (Å²) in [7, 11) is 0. The predicted molar refractivity (Wildman–Crippen MR) is 66.9 cm³/mol. The van der Waals surface area contributed by atoms with Gasteiger partial charge in [0.2, 0.25) is 0 Å². The molecule has 0 atom stereocenters. The molecule has 0 unspecified atom stereocenters. The Hall–Kier alpha value is -1.95. The number of benzene rings is 1. The molecule has 0 radical (unpaired) electrons. The van der Waals surface area contributed by atoms with Crippen molar-refractivity contribution in [3.8, 4) is 5.75 Å². The summed E-state index contributed by atoms with van der Waals surface area (Å²) in [4.78, 5) is 4.18. The minimum absolute atomic E-state index is 0.148. The highest BCUT2D eigenvalue weighted by Gasteiger charge is 2.09. The molecule has 0 aliphatic heterocycles. The lowest BCUT2D eigenvalue weighted by Gasteiger charge is -2.08. The first-order valence-corrected chi connectivity index (χ1v) is 6.15. The maximum atomic E-state index is 13.0. The normalized spacial score (nSPS) is 10.7. The molecule has 0 bridgehead atoms. The molecule has 2 aromatic rings. The largest absolute Gasteiger partial charge is 0.483 e. The zero-order chi connectivity index (χ0) is 13.7. The van der Waals surface area contributed by atoms with Gasteiger partial charge in [0.1, 0.15) is 11.6 Å². The average molecular weight is 265 g/mol. The Morgan fingerprint density at radius 2 is 2.26 bits per heavy atom. The van der Waals surface area contributed by atoms with Crippen LogP contribution in [0.1, 0.15) is 30.6 Å². The Labute approximate surface area is 110 Å². The van der Waals surface area contributed by atoms with E-state index in [0.29, 0.717) is 23.0 Å². The lowest BCUT2D eigenvalue weighted by atomic mass is 10.2. The number of ether oxygens (including phenoxy) is 1. The van der Waals surface area contributed by atoms with Crippen molar-refractivity contribution in [3.63, 3.8) is 0 Å². The topological polar surface area (TPSA) is 74.2 Å². The molecule has 0 aliphatic rings. The van der Waals surface area contributed by atoms with E-state index in [1.54, 1.807) is 6.07 Å². The second kappa shape index (κ2) is 6.29. The Balaban J connectivity index is 2.01. The number of hydrogen-bond donors (Lipinski definition) is 1. The molecule has 0 fully saturated rings. The molecule has 19 heavy (non-hydrogen) atoms. The maximum absolute atomic E-state index is 13.0. The second-order valence-corrected chi connectivity index (χ2v) is 4.10. The zero-order valence-corrected chi connectivity index (χ0v) is 10.7. The number of nitrogens with zero attached hydrogens (tertiary/aromatic N) is 2. The van der Waals surface area contributed by atoms with E-state index in [1.165, 1.54) is 12.1 Å². The smallest absolute Gasteiger partial charge is 0.264 e. The summed E-state index contributed by atoms with van der Waals surface area (Å²) in [6.07, 6.45) is 1.73. The first-order chi connectivity index (χ1) is 9.22. The first kappa shape index (κ1) is 13.5. The van der Waals surface area contributed by atoms with E-state index in [4.69, 9.17) is 15.0 Å². The Bertz CT molecular complexity index is 542. The van der Waals surface area contributed by atoms with Crippen molar-refractivity contribution in [2.75, 3.05) is 0 Å². The standard InChI is InChI=1S/C13H16FN3O2/c1-2-3-12-16-13(19-17-12)8-18-11-5-4-10(14)6-9(11)7-15/h4-6H,2-3,7-8,15H2,1H3. The molecule has 102 valence electrons. The van der Waals surface area contributed by atoms with Crippen LogP contribution in [-0.4, -0.2) is 10.1 Å². The van der Waals surface area contributed by atoms with Gasteiger partial charge < -0.3 is 15.0 Å². The van der Waals surface area contributed by atoms with Crippen LogP contribution in [0.5, 0.6) is 5.75 Å². The summed E-state index contributed by atoms with van der Waals surface area (Å²) < 4.78 is 23.6. The van der Waals surface area contributed by atoms with Gasteiger partial charge in [0.25, 0.3) is 5.89 Å². The van der Waals surface area contributed by atoms with Crippen molar-refractivity contribution >= 4 is 0 Å². The van der Waals surface area contributed by atoms with Gasteiger partial charge in [-0.05, 0) is 24.6 Å². The molecule has 0 saturated heterocycles. The summed E-state index contributed by atoms with van der Waals surface area (Å²) in [6.45, 7) is 2.39. The maximum Gasteiger partial charge on any atom is 0.264 e. The highest BCUT2D eigenvalue weighted by Crippen LogP contribution is 2.20. The SMILES string of the molecule is CCCc1noc(COc2ccc(F)cc2CN)n1. The Morgan fingerprint density at radius 3 is 3.00 bits per heavy atom. The summed E-state index contributed by atoms with van der Waals surface area (Å²) in [5.41, 5.74) is 6.14. The zero-order valence-electron chi connectivity index (χ0n) is 10.7. The third-order valence-electron chi connectivity index (χ3n) is 2.58. The van der Waals surface area contributed by atoms with Gasteiger partial charge >= 0.3 is 0 Å². The van der Waals surface area contributed by atoms with E-state index in [-0.39, 0.29) is 19.0 Å². The highest BCUT2D eigenvalue weighted by atomic mass is 19.1. The van der Waals surface area contributed by atoms with Crippen LogP contribution in [0, 0.1) is 5.82 Å². The third kappa shape index (κ3) is 3.51. The quantitative estimate of drug-likeness (QED) is 0.866. The molecule has 0 saturated carbocycles. The van der Waals surface area contributed by atoms with E-state index < -0.39 is 0 Å². The number of hydrogen-bond acceptors (Lipinski definition) is 5. The van der Waals surface area contributed by atoms with Crippen molar-refractivity contribution < 1.29 is 13.7 Å². The second-order valence-electron chi connectivity index (χ2n) is 4.10. The molecule has 5 nitrogen and oxygen atoms in total. The molecular weight excluding hydrogens is 249 g/mol. The Morgan fingerprint density at radius 1 is 1.42 bits per heavy atom. The molecule has 1 aromatic carbocycles. The van der Waals surface area contributed by atoms with E-state index in [2.05, 4.69) is 10.1 Å². The van der Waals surface area contributed by atoms with Crippen LogP contribution in [-0.2, 0) is 19.6 Å². The van der Waals surface area contributed by atoms with Crippen molar-refractivity contribution in [2.24, 2.45) is 5.73 Å². The summed E-state index contributed by atoms with van der Waals surface area (Å²) >= 11 is 0. The summed E-state index contributed by atoms with van der Waals surface area (Å²) in [5, 5.41) is 3.82. The number of aryl methyl sites for hydroxylation is 1. The van der Waals surface area contributed by atoms with E-state index >= 15 is 0 Å². The predicted octanol–water partition coefficient (Wildman–Crippen LogP) is 2.20. The van der Waals surface area contributed by atoms with Crippen LogP contribution in [0.3, 0.4) is 0 Å². The fourth-order valence-corrected chi connectivity index (χ4v) is 1.66. The highest BCUT2D eigenvalue weighted by molar-refractivity contribution is 5.33. The minimum Gasteiger partial charge on any atom is -0.483 e. The minimum atomic E-state index is -0.337. The van der Waals surface area contributed by atoms with Gasteiger partial charge in [0, 0.05) is 18.5 Å². The van der Waals surface area contributed by atoms with E-state index in [0.717, 1.165) is 12.8 Å². The molecule has 0 aliphatic carbocycles. The van der Waals surface area contributed by atoms with Gasteiger partial charge in [0.15, 0.2) is 12.4 Å². The van der Waals surface area contributed by atoms with Crippen LogP contribution in [0.15, 0.2) is 22.7 Å². The third-order valence-corrected chi connectivity index (χ3v) is 2.58. The van der Waals surface area contributed by atoms with E-state index in [1.807, 2.05) is 6.92 Å². The molecule has 0 spiro atoms. The number of aromatic nitrogens is 2.